The Morgan fingerprint density at radius 2 is 1.95 bits per heavy atom. The molecule has 0 aromatic heterocycles. The molecule has 104 valence electrons. The van der Waals surface area contributed by atoms with Gasteiger partial charge >= 0.3 is 0 Å². The number of alkyl halides is 1. The number of halogens is 1. The molecule has 1 fully saturated rings. The van der Waals surface area contributed by atoms with Gasteiger partial charge in [0.15, 0.2) is 0 Å². The molecule has 0 amide bonds. The van der Waals surface area contributed by atoms with E-state index in [0.717, 1.165) is 12.2 Å². The van der Waals surface area contributed by atoms with Crippen LogP contribution in [0.1, 0.15) is 62.5 Å². The van der Waals surface area contributed by atoms with Gasteiger partial charge in [-0.05, 0) is 49.8 Å². The Morgan fingerprint density at radius 1 is 1.21 bits per heavy atom. The SMILES string of the molecule is CC1(C)Cc2cc(C(Cl)C3CCCCC3)ccc2O1. The van der Waals surface area contributed by atoms with Crippen molar-refractivity contribution in [2.75, 3.05) is 0 Å². The average Bonchev–Trinajstić information content (AvgIpc) is 2.71. The van der Waals surface area contributed by atoms with Gasteiger partial charge in [-0.2, -0.15) is 0 Å². The molecule has 2 aliphatic rings. The van der Waals surface area contributed by atoms with E-state index >= 15 is 0 Å². The number of hydrogen-bond acceptors (Lipinski definition) is 1. The Morgan fingerprint density at radius 3 is 2.68 bits per heavy atom. The lowest BCUT2D eigenvalue weighted by Gasteiger charge is -2.26. The molecule has 1 unspecified atom stereocenters. The van der Waals surface area contributed by atoms with E-state index in [1.807, 2.05) is 0 Å². The fourth-order valence-electron chi connectivity index (χ4n) is 3.50. The molecule has 1 aromatic carbocycles. The fourth-order valence-corrected chi connectivity index (χ4v) is 3.89. The predicted molar refractivity (Wildman–Crippen MR) is 80.0 cm³/mol. The summed E-state index contributed by atoms with van der Waals surface area (Å²) in [5.41, 5.74) is 2.55. The zero-order valence-corrected chi connectivity index (χ0v) is 12.7. The van der Waals surface area contributed by atoms with Gasteiger partial charge in [0.25, 0.3) is 0 Å². The molecule has 1 nitrogen and oxygen atoms in total. The molecule has 0 saturated heterocycles. The summed E-state index contributed by atoms with van der Waals surface area (Å²) in [6, 6.07) is 6.54. The predicted octanol–water partition coefficient (Wildman–Crippen LogP) is 5.26. The normalized spacial score (nSPS) is 23.7. The van der Waals surface area contributed by atoms with Crippen LogP contribution >= 0.6 is 11.6 Å². The smallest absolute Gasteiger partial charge is 0.123 e. The maximum Gasteiger partial charge on any atom is 0.123 e. The molecular formula is C17H23ClO. The third-order valence-electron chi connectivity index (χ3n) is 4.47. The van der Waals surface area contributed by atoms with Crippen LogP contribution in [-0.4, -0.2) is 5.60 Å². The van der Waals surface area contributed by atoms with Gasteiger partial charge in [-0.25, -0.2) is 0 Å². The molecule has 0 spiro atoms. The lowest BCUT2D eigenvalue weighted by atomic mass is 9.84. The van der Waals surface area contributed by atoms with E-state index in [4.69, 9.17) is 16.3 Å². The van der Waals surface area contributed by atoms with Crippen LogP contribution in [0.2, 0.25) is 0 Å². The van der Waals surface area contributed by atoms with Gasteiger partial charge in [-0.15, -0.1) is 11.6 Å². The Labute approximate surface area is 121 Å². The zero-order valence-electron chi connectivity index (χ0n) is 11.9. The highest BCUT2D eigenvalue weighted by atomic mass is 35.5. The first-order valence-electron chi connectivity index (χ1n) is 7.51. The summed E-state index contributed by atoms with van der Waals surface area (Å²) in [5.74, 6) is 1.70. The van der Waals surface area contributed by atoms with E-state index in [1.54, 1.807) is 0 Å². The van der Waals surface area contributed by atoms with Crippen molar-refractivity contribution in [1.82, 2.24) is 0 Å². The monoisotopic (exact) mass is 278 g/mol. The van der Waals surface area contributed by atoms with Crippen LogP contribution in [-0.2, 0) is 6.42 Å². The van der Waals surface area contributed by atoms with Crippen molar-refractivity contribution in [3.8, 4) is 5.75 Å². The van der Waals surface area contributed by atoms with Crippen molar-refractivity contribution >= 4 is 11.6 Å². The number of hydrogen-bond donors (Lipinski definition) is 0. The Bertz CT molecular complexity index is 460. The van der Waals surface area contributed by atoms with Crippen molar-refractivity contribution in [2.24, 2.45) is 5.92 Å². The molecule has 0 N–H and O–H groups in total. The van der Waals surface area contributed by atoms with Gasteiger partial charge in [0, 0.05) is 6.42 Å². The van der Waals surface area contributed by atoms with Crippen LogP contribution < -0.4 is 4.74 Å². The van der Waals surface area contributed by atoms with Crippen LogP contribution in [0, 0.1) is 5.92 Å². The third kappa shape index (κ3) is 2.76. The topological polar surface area (TPSA) is 9.23 Å². The lowest BCUT2D eigenvalue weighted by molar-refractivity contribution is 0.138. The fraction of sp³-hybridized carbons (Fsp3) is 0.647. The second-order valence-electron chi connectivity index (χ2n) is 6.71. The van der Waals surface area contributed by atoms with Crippen LogP contribution in [0.15, 0.2) is 18.2 Å². The highest BCUT2D eigenvalue weighted by Crippen LogP contribution is 2.42. The molecule has 2 heteroatoms. The number of ether oxygens (including phenoxy) is 1. The molecule has 1 atom stereocenters. The summed E-state index contributed by atoms with van der Waals surface area (Å²) in [5, 5.41) is 0.175. The first-order valence-corrected chi connectivity index (χ1v) is 7.95. The quantitative estimate of drug-likeness (QED) is 0.671. The lowest BCUT2D eigenvalue weighted by Crippen LogP contribution is -2.24. The van der Waals surface area contributed by atoms with Gasteiger partial charge < -0.3 is 4.74 Å². The Kier molecular flexibility index (Phi) is 3.51. The number of benzene rings is 1. The summed E-state index contributed by atoms with van der Waals surface area (Å²) < 4.78 is 5.93. The van der Waals surface area contributed by atoms with Crippen LogP contribution in [0.3, 0.4) is 0 Å². The van der Waals surface area contributed by atoms with Crippen LogP contribution in [0.4, 0.5) is 0 Å². The minimum atomic E-state index is -0.0619. The van der Waals surface area contributed by atoms with Crippen molar-refractivity contribution in [2.45, 2.75) is 63.4 Å². The number of fused-ring (bicyclic) bond motifs is 1. The molecule has 19 heavy (non-hydrogen) atoms. The first-order chi connectivity index (χ1) is 9.05. The first kappa shape index (κ1) is 13.3. The minimum Gasteiger partial charge on any atom is -0.487 e. The summed E-state index contributed by atoms with van der Waals surface area (Å²) in [6.07, 6.45) is 7.63. The maximum absolute atomic E-state index is 6.72. The molecule has 1 aliphatic carbocycles. The van der Waals surface area contributed by atoms with Crippen LogP contribution in [0.25, 0.3) is 0 Å². The standard InChI is InChI=1S/C17H23ClO/c1-17(2)11-14-10-13(8-9-15(14)19-17)16(18)12-6-4-3-5-7-12/h8-10,12,16H,3-7,11H2,1-2H3. The van der Waals surface area contributed by atoms with Crippen LogP contribution in [0.5, 0.6) is 5.75 Å². The Balaban J connectivity index is 1.79. The van der Waals surface area contributed by atoms with Crippen molar-refractivity contribution in [1.29, 1.82) is 0 Å². The highest BCUT2D eigenvalue weighted by molar-refractivity contribution is 6.21. The van der Waals surface area contributed by atoms with Gasteiger partial charge in [0.05, 0.1) is 5.38 Å². The second-order valence-corrected chi connectivity index (χ2v) is 7.18. The van der Waals surface area contributed by atoms with E-state index in [2.05, 4.69) is 32.0 Å². The minimum absolute atomic E-state index is 0.0619. The molecule has 1 aliphatic heterocycles. The molecule has 3 rings (SSSR count). The zero-order chi connectivity index (χ0) is 13.5. The summed E-state index contributed by atoms with van der Waals surface area (Å²) in [6.45, 7) is 4.29. The Hall–Kier alpha value is -0.690. The van der Waals surface area contributed by atoms with Crippen molar-refractivity contribution < 1.29 is 4.74 Å². The third-order valence-corrected chi connectivity index (χ3v) is 5.08. The largest absolute Gasteiger partial charge is 0.487 e. The van der Waals surface area contributed by atoms with Gasteiger partial charge in [-0.1, -0.05) is 31.4 Å². The van der Waals surface area contributed by atoms with Crippen molar-refractivity contribution in [3.63, 3.8) is 0 Å². The van der Waals surface area contributed by atoms with Gasteiger partial charge in [-0.3, -0.25) is 0 Å². The van der Waals surface area contributed by atoms with E-state index in [1.165, 1.54) is 43.2 Å². The highest BCUT2D eigenvalue weighted by Gasteiger charge is 2.31. The van der Waals surface area contributed by atoms with Gasteiger partial charge in [0.2, 0.25) is 0 Å². The van der Waals surface area contributed by atoms with Gasteiger partial charge in [0.1, 0.15) is 11.4 Å². The molecule has 1 saturated carbocycles. The van der Waals surface area contributed by atoms with Crippen molar-refractivity contribution in [3.05, 3.63) is 29.3 Å². The van der Waals surface area contributed by atoms with E-state index in [9.17, 15) is 0 Å². The molecule has 0 bridgehead atoms. The molecule has 0 radical (unpaired) electrons. The summed E-state index contributed by atoms with van der Waals surface area (Å²) >= 11 is 6.72. The maximum atomic E-state index is 6.72. The average molecular weight is 279 g/mol. The number of rotatable bonds is 2. The molecule has 1 aromatic rings. The van der Waals surface area contributed by atoms with E-state index in [-0.39, 0.29) is 11.0 Å². The summed E-state index contributed by atoms with van der Waals surface area (Å²) in [7, 11) is 0. The van der Waals surface area contributed by atoms with E-state index < -0.39 is 0 Å². The second kappa shape index (κ2) is 5.01. The summed E-state index contributed by atoms with van der Waals surface area (Å²) in [4.78, 5) is 0. The van der Waals surface area contributed by atoms with E-state index in [0.29, 0.717) is 5.92 Å². The molecule has 1 heterocycles. The molecular weight excluding hydrogens is 256 g/mol.